The highest BCUT2D eigenvalue weighted by Crippen LogP contribution is 2.26. The van der Waals surface area contributed by atoms with E-state index in [0.717, 1.165) is 47.4 Å². The smallest absolute Gasteiger partial charge is 0.222 e. The van der Waals surface area contributed by atoms with E-state index in [1.807, 2.05) is 59.2 Å². The van der Waals surface area contributed by atoms with Gasteiger partial charge in [-0.1, -0.05) is 55.4 Å². The zero-order valence-electron chi connectivity index (χ0n) is 23.2. The maximum Gasteiger partial charge on any atom is 0.222 e. The van der Waals surface area contributed by atoms with Crippen molar-refractivity contribution in [1.29, 1.82) is 0 Å². The van der Waals surface area contributed by atoms with Gasteiger partial charge >= 0.3 is 0 Å². The highest BCUT2D eigenvalue weighted by molar-refractivity contribution is 7.99. The van der Waals surface area contributed by atoms with Crippen LogP contribution in [0.3, 0.4) is 0 Å². The van der Waals surface area contributed by atoms with Crippen LogP contribution in [0, 0.1) is 0 Å². The summed E-state index contributed by atoms with van der Waals surface area (Å²) < 4.78 is 7.43. The minimum Gasteiger partial charge on any atom is -0.497 e. The van der Waals surface area contributed by atoms with E-state index in [-0.39, 0.29) is 17.9 Å². The number of piperazine rings is 1. The molecule has 3 aromatic rings. The van der Waals surface area contributed by atoms with Gasteiger partial charge in [-0.3, -0.25) is 14.2 Å². The number of methoxy groups -OCH3 is 1. The Bertz CT molecular complexity index is 1220. The summed E-state index contributed by atoms with van der Waals surface area (Å²) in [5.74, 6) is 2.79. The van der Waals surface area contributed by atoms with Gasteiger partial charge in [0, 0.05) is 56.4 Å². The van der Waals surface area contributed by atoms with E-state index < -0.39 is 0 Å². The molecule has 39 heavy (non-hydrogen) atoms. The molecule has 0 N–H and O–H groups in total. The van der Waals surface area contributed by atoms with E-state index in [2.05, 4.69) is 33.8 Å². The first-order chi connectivity index (χ1) is 19.0. The molecule has 0 radical (unpaired) electrons. The molecule has 2 amide bonds. The van der Waals surface area contributed by atoms with Gasteiger partial charge < -0.3 is 14.5 Å². The Morgan fingerprint density at radius 2 is 1.72 bits per heavy atom. The SMILES string of the molecule is CCCCC(=O)N1CCN(C(=O)CCCSc2nnc(Cc3ccccc3)n2-c2ccc(OC)cc2)CC1C. The van der Waals surface area contributed by atoms with Gasteiger partial charge in [0.1, 0.15) is 11.6 Å². The first kappa shape index (κ1) is 28.7. The van der Waals surface area contributed by atoms with Crippen LogP contribution in [0.2, 0.25) is 0 Å². The quantitative estimate of drug-likeness (QED) is 0.234. The van der Waals surface area contributed by atoms with Crippen LogP contribution in [0.5, 0.6) is 5.75 Å². The first-order valence-corrected chi connectivity index (χ1v) is 14.8. The Kier molecular flexibility index (Phi) is 10.4. The molecule has 0 spiro atoms. The van der Waals surface area contributed by atoms with Crippen molar-refractivity contribution >= 4 is 23.6 Å². The molecule has 1 aliphatic heterocycles. The fraction of sp³-hybridized carbons (Fsp3) is 0.467. The van der Waals surface area contributed by atoms with Crippen LogP contribution in [0.1, 0.15) is 57.3 Å². The Morgan fingerprint density at radius 3 is 2.41 bits per heavy atom. The van der Waals surface area contributed by atoms with Crippen LogP contribution in [0.15, 0.2) is 59.8 Å². The largest absolute Gasteiger partial charge is 0.497 e. The molecule has 0 saturated carbocycles. The van der Waals surface area contributed by atoms with E-state index in [4.69, 9.17) is 4.74 Å². The van der Waals surface area contributed by atoms with Gasteiger partial charge in [0.15, 0.2) is 5.16 Å². The summed E-state index contributed by atoms with van der Waals surface area (Å²) in [5.41, 5.74) is 2.15. The summed E-state index contributed by atoms with van der Waals surface area (Å²) in [5, 5.41) is 9.84. The standard InChI is InChI=1S/C30H39N5O3S/c1-4-5-12-29(37)34-19-18-33(22-23(34)2)28(36)13-9-20-39-30-32-31-27(21-24-10-7-6-8-11-24)35(30)25-14-16-26(38-3)17-15-25/h6-8,10-11,14-17,23H,4-5,9,12-13,18-22H2,1-3H3. The number of hydrogen-bond acceptors (Lipinski definition) is 6. The Labute approximate surface area is 235 Å². The predicted molar refractivity (Wildman–Crippen MR) is 154 cm³/mol. The zero-order chi connectivity index (χ0) is 27.6. The van der Waals surface area contributed by atoms with Crippen LogP contribution >= 0.6 is 11.8 Å². The van der Waals surface area contributed by atoms with Crippen molar-refractivity contribution in [3.63, 3.8) is 0 Å². The molecule has 208 valence electrons. The number of aromatic nitrogens is 3. The van der Waals surface area contributed by atoms with Gasteiger partial charge in [-0.25, -0.2) is 0 Å². The number of carbonyl (C=O) groups excluding carboxylic acids is 2. The lowest BCUT2D eigenvalue weighted by molar-refractivity contribution is -0.142. The number of amides is 2. The van der Waals surface area contributed by atoms with Crippen LogP contribution in [0.4, 0.5) is 0 Å². The van der Waals surface area contributed by atoms with Gasteiger partial charge in [-0.05, 0) is 49.6 Å². The number of carbonyl (C=O) groups is 2. The maximum absolute atomic E-state index is 12.9. The third-order valence-corrected chi connectivity index (χ3v) is 8.06. The predicted octanol–water partition coefficient (Wildman–Crippen LogP) is 4.99. The fourth-order valence-corrected chi connectivity index (χ4v) is 5.76. The second kappa shape index (κ2) is 14.2. The molecular formula is C30H39N5O3S. The normalized spacial score (nSPS) is 15.4. The number of unbranched alkanes of at least 4 members (excludes halogenated alkanes) is 1. The number of thioether (sulfide) groups is 1. The van der Waals surface area contributed by atoms with Crippen LogP contribution in [-0.4, -0.2) is 74.9 Å². The van der Waals surface area contributed by atoms with Crippen molar-refractivity contribution in [2.75, 3.05) is 32.5 Å². The van der Waals surface area contributed by atoms with Crippen LogP contribution in [0.25, 0.3) is 5.69 Å². The van der Waals surface area contributed by atoms with Crippen molar-refractivity contribution in [1.82, 2.24) is 24.6 Å². The molecule has 0 bridgehead atoms. The van der Waals surface area contributed by atoms with Crippen molar-refractivity contribution in [3.8, 4) is 11.4 Å². The van der Waals surface area contributed by atoms with Crippen molar-refractivity contribution < 1.29 is 14.3 Å². The second-order valence-corrected chi connectivity index (χ2v) is 11.0. The molecule has 1 fully saturated rings. The van der Waals surface area contributed by atoms with Gasteiger partial charge in [-0.2, -0.15) is 0 Å². The van der Waals surface area contributed by atoms with E-state index in [1.54, 1.807) is 18.9 Å². The molecule has 4 rings (SSSR count). The molecule has 2 heterocycles. The molecule has 9 heteroatoms. The lowest BCUT2D eigenvalue weighted by Crippen LogP contribution is -2.55. The minimum atomic E-state index is 0.0625. The van der Waals surface area contributed by atoms with E-state index in [0.29, 0.717) is 38.9 Å². The van der Waals surface area contributed by atoms with E-state index in [9.17, 15) is 9.59 Å². The lowest BCUT2D eigenvalue weighted by Gasteiger charge is -2.40. The monoisotopic (exact) mass is 549 g/mol. The molecular weight excluding hydrogens is 510 g/mol. The highest BCUT2D eigenvalue weighted by atomic mass is 32.2. The Morgan fingerprint density at radius 1 is 0.974 bits per heavy atom. The maximum atomic E-state index is 12.9. The number of benzene rings is 2. The summed E-state index contributed by atoms with van der Waals surface area (Å²) in [4.78, 5) is 29.2. The molecule has 1 aliphatic rings. The van der Waals surface area contributed by atoms with Gasteiger partial charge in [0.25, 0.3) is 0 Å². The van der Waals surface area contributed by atoms with Gasteiger partial charge in [-0.15, -0.1) is 10.2 Å². The average Bonchev–Trinajstić information content (AvgIpc) is 3.36. The van der Waals surface area contributed by atoms with E-state index in [1.165, 1.54) is 5.56 Å². The molecule has 1 saturated heterocycles. The lowest BCUT2D eigenvalue weighted by atomic mass is 10.1. The number of ether oxygens (including phenoxy) is 1. The van der Waals surface area contributed by atoms with Crippen molar-refractivity contribution in [2.24, 2.45) is 0 Å². The van der Waals surface area contributed by atoms with Gasteiger partial charge in [0.05, 0.1) is 7.11 Å². The zero-order valence-corrected chi connectivity index (χ0v) is 24.0. The first-order valence-electron chi connectivity index (χ1n) is 13.8. The molecule has 1 atom stereocenters. The molecule has 1 unspecified atom stereocenters. The number of nitrogens with zero attached hydrogens (tertiary/aromatic N) is 5. The summed E-state index contributed by atoms with van der Waals surface area (Å²) in [6.45, 7) is 5.98. The topological polar surface area (TPSA) is 80.6 Å². The molecule has 1 aromatic heterocycles. The molecule has 8 nitrogen and oxygen atoms in total. The van der Waals surface area contributed by atoms with Crippen LogP contribution < -0.4 is 4.74 Å². The third-order valence-electron chi connectivity index (χ3n) is 7.05. The second-order valence-electron chi connectivity index (χ2n) is 9.93. The van der Waals surface area contributed by atoms with Crippen molar-refractivity contribution in [3.05, 3.63) is 66.0 Å². The average molecular weight is 550 g/mol. The Balaban J connectivity index is 1.34. The van der Waals surface area contributed by atoms with Crippen LogP contribution in [-0.2, 0) is 16.0 Å². The Hall–Kier alpha value is -3.33. The minimum absolute atomic E-state index is 0.0625. The number of rotatable bonds is 12. The summed E-state index contributed by atoms with van der Waals surface area (Å²) in [7, 11) is 1.66. The summed E-state index contributed by atoms with van der Waals surface area (Å²) in [6.07, 6.45) is 4.43. The molecule has 2 aromatic carbocycles. The summed E-state index contributed by atoms with van der Waals surface area (Å²) >= 11 is 1.62. The fourth-order valence-electron chi connectivity index (χ4n) is 4.85. The van der Waals surface area contributed by atoms with Crippen molar-refractivity contribution in [2.45, 2.75) is 63.6 Å². The van der Waals surface area contributed by atoms with Gasteiger partial charge in [0.2, 0.25) is 11.8 Å². The van der Waals surface area contributed by atoms with E-state index >= 15 is 0 Å². The summed E-state index contributed by atoms with van der Waals surface area (Å²) in [6, 6.07) is 18.2. The number of hydrogen-bond donors (Lipinski definition) is 0. The molecule has 0 aliphatic carbocycles. The third kappa shape index (κ3) is 7.62. The highest BCUT2D eigenvalue weighted by Gasteiger charge is 2.29.